The summed E-state index contributed by atoms with van der Waals surface area (Å²) in [5.74, 6) is 0. The Morgan fingerprint density at radius 2 is 1.52 bits per heavy atom. The molecule has 6 aromatic rings. The molecule has 0 unspecified atom stereocenters. The van der Waals surface area contributed by atoms with E-state index < -0.39 is 0 Å². The highest BCUT2D eigenvalue weighted by molar-refractivity contribution is 6.19. The van der Waals surface area contributed by atoms with E-state index in [4.69, 9.17) is 14.7 Å². The second-order valence-corrected chi connectivity index (χ2v) is 7.42. The smallest absolute Gasteiger partial charge is 0.141 e. The first kappa shape index (κ1) is 17.4. The minimum atomic E-state index is 0.378. The molecular formula is C27H15N3O. The topological polar surface area (TPSA) is 62.7 Å². The quantitative estimate of drug-likeness (QED) is 0.325. The zero-order valence-electron chi connectivity index (χ0n) is 16.4. The van der Waals surface area contributed by atoms with Gasteiger partial charge in [-0.1, -0.05) is 36.4 Å². The average Bonchev–Trinajstić information content (AvgIpc) is 3.22. The van der Waals surface area contributed by atoms with Gasteiger partial charge in [0, 0.05) is 28.1 Å². The van der Waals surface area contributed by atoms with Gasteiger partial charge in [0.2, 0.25) is 0 Å². The molecule has 4 nitrogen and oxygen atoms in total. The van der Waals surface area contributed by atoms with E-state index in [-0.39, 0.29) is 0 Å². The Bertz CT molecular complexity index is 1660. The van der Waals surface area contributed by atoms with Gasteiger partial charge in [-0.2, -0.15) is 5.26 Å². The Morgan fingerprint density at radius 3 is 2.39 bits per heavy atom. The summed E-state index contributed by atoms with van der Waals surface area (Å²) in [5, 5.41) is 13.7. The number of furan rings is 1. The number of hydrogen-bond donors (Lipinski definition) is 0. The number of fused-ring (bicyclic) bond motifs is 5. The standard InChI is InChI=1S/C27H15N3O/c28-16-20-14-19(12-13-29-20)24-7-3-6-23(30-24)18-9-10-25-22(15-18)27-21-5-2-1-4-17(21)8-11-26(27)31-25/h1-15H. The fraction of sp³-hybridized carbons (Fsp3) is 0. The number of rotatable bonds is 2. The molecule has 3 aromatic heterocycles. The zero-order valence-corrected chi connectivity index (χ0v) is 16.4. The lowest BCUT2D eigenvalue weighted by atomic mass is 10.0. The third kappa shape index (κ3) is 2.84. The Hall–Kier alpha value is -4.49. The lowest BCUT2D eigenvalue weighted by Gasteiger charge is -2.06. The summed E-state index contributed by atoms with van der Waals surface area (Å²) in [6.45, 7) is 0. The van der Waals surface area contributed by atoms with Gasteiger partial charge in [0.15, 0.2) is 0 Å². The van der Waals surface area contributed by atoms with Gasteiger partial charge in [-0.25, -0.2) is 9.97 Å². The van der Waals surface area contributed by atoms with Gasteiger partial charge in [-0.05, 0) is 59.3 Å². The Morgan fingerprint density at radius 1 is 0.710 bits per heavy atom. The van der Waals surface area contributed by atoms with Crippen molar-refractivity contribution in [1.29, 1.82) is 5.26 Å². The minimum Gasteiger partial charge on any atom is -0.456 e. The van der Waals surface area contributed by atoms with Crippen LogP contribution in [0.15, 0.2) is 95.5 Å². The summed E-state index contributed by atoms with van der Waals surface area (Å²) in [6.07, 6.45) is 1.64. The van der Waals surface area contributed by atoms with Crippen LogP contribution in [0, 0.1) is 11.3 Å². The second-order valence-electron chi connectivity index (χ2n) is 7.42. The van der Waals surface area contributed by atoms with Crippen molar-refractivity contribution in [3.8, 4) is 28.6 Å². The van der Waals surface area contributed by atoms with E-state index in [1.54, 1.807) is 12.3 Å². The van der Waals surface area contributed by atoms with Crippen molar-refractivity contribution in [1.82, 2.24) is 9.97 Å². The van der Waals surface area contributed by atoms with Crippen molar-refractivity contribution >= 4 is 32.7 Å². The molecule has 4 heteroatoms. The van der Waals surface area contributed by atoms with Crippen LogP contribution in [0.5, 0.6) is 0 Å². The third-order valence-corrected chi connectivity index (χ3v) is 5.57. The van der Waals surface area contributed by atoms with Gasteiger partial charge in [0.25, 0.3) is 0 Å². The molecule has 31 heavy (non-hydrogen) atoms. The van der Waals surface area contributed by atoms with E-state index in [9.17, 15) is 0 Å². The predicted molar refractivity (Wildman–Crippen MR) is 122 cm³/mol. The van der Waals surface area contributed by atoms with Gasteiger partial charge >= 0.3 is 0 Å². The predicted octanol–water partition coefficient (Wildman–Crippen LogP) is 6.73. The third-order valence-electron chi connectivity index (χ3n) is 5.57. The number of nitrogens with zero attached hydrogens (tertiary/aromatic N) is 3. The molecular weight excluding hydrogens is 382 g/mol. The SMILES string of the molecule is N#Cc1cc(-c2cccc(-c3ccc4oc5ccc6ccccc6c5c4c3)n2)ccn1. The number of nitriles is 1. The van der Waals surface area contributed by atoms with E-state index in [2.05, 4.69) is 41.4 Å². The highest BCUT2D eigenvalue weighted by atomic mass is 16.3. The molecule has 0 atom stereocenters. The molecule has 144 valence electrons. The van der Waals surface area contributed by atoms with Crippen LogP contribution < -0.4 is 0 Å². The molecule has 0 bridgehead atoms. The Kier molecular flexibility index (Phi) is 3.81. The maximum Gasteiger partial charge on any atom is 0.141 e. The van der Waals surface area contributed by atoms with E-state index >= 15 is 0 Å². The van der Waals surface area contributed by atoms with E-state index in [1.807, 2.05) is 48.5 Å². The molecule has 0 saturated heterocycles. The van der Waals surface area contributed by atoms with Gasteiger partial charge in [-0.3, -0.25) is 0 Å². The average molecular weight is 397 g/mol. The summed E-state index contributed by atoms with van der Waals surface area (Å²) in [6, 6.07) is 30.3. The molecule has 0 radical (unpaired) electrons. The van der Waals surface area contributed by atoms with E-state index in [1.165, 1.54) is 10.8 Å². The Labute approximate surface area is 178 Å². The largest absolute Gasteiger partial charge is 0.456 e. The fourth-order valence-corrected chi connectivity index (χ4v) is 4.11. The Balaban J connectivity index is 1.54. The number of benzene rings is 3. The molecule has 0 saturated carbocycles. The number of hydrogen-bond acceptors (Lipinski definition) is 4. The highest BCUT2D eigenvalue weighted by Gasteiger charge is 2.12. The molecule has 3 aromatic carbocycles. The summed E-state index contributed by atoms with van der Waals surface area (Å²) in [7, 11) is 0. The van der Waals surface area contributed by atoms with Crippen molar-refractivity contribution in [3.05, 3.63) is 96.8 Å². The lowest BCUT2D eigenvalue weighted by molar-refractivity contribution is 0.669. The number of pyridine rings is 2. The van der Waals surface area contributed by atoms with Crippen LogP contribution in [0.4, 0.5) is 0 Å². The van der Waals surface area contributed by atoms with Crippen LogP contribution >= 0.6 is 0 Å². The molecule has 6 rings (SSSR count). The zero-order chi connectivity index (χ0) is 20.8. The normalized spacial score (nSPS) is 11.2. The summed E-state index contributed by atoms with van der Waals surface area (Å²) < 4.78 is 6.11. The van der Waals surface area contributed by atoms with Crippen LogP contribution in [-0.4, -0.2) is 9.97 Å². The molecule has 3 heterocycles. The fourth-order valence-electron chi connectivity index (χ4n) is 4.11. The van der Waals surface area contributed by atoms with Crippen LogP contribution in [0.25, 0.3) is 55.2 Å². The van der Waals surface area contributed by atoms with Crippen molar-refractivity contribution in [2.45, 2.75) is 0 Å². The van der Waals surface area contributed by atoms with Crippen LogP contribution in [0.3, 0.4) is 0 Å². The monoisotopic (exact) mass is 397 g/mol. The molecule has 0 N–H and O–H groups in total. The van der Waals surface area contributed by atoms with Crippen molar-refractivity contribution in [2.24, 2.45) is 0 Å². The first-order valence-corrected chi connectivity index (χ1v) is 9.98. The van der Waals surface area contributed by atoms with Crippen molar-refractivity contribution < 1.29 is 4.42 Å². The van der Waals surface area contributed by atoms with Gasteiger partial charge in [-0.15, -0.1) is 0 Å². The van der Waals surface area contributed by atoms with Crippen LogP contribution in [-0.2, 0) is 0 Å². The van der Waals surface area contributed by atoms with Gasteiger partial charge in [0.05, 0.1) is 11.4 Å². The molecule has 0 spiro atoms. The molecule has 0 fully saturated rings. The van der Waals surface area contributed by atoms with Crippen molar-refractivity contribution in [2.75, 3.05) is 0 Å². The van der Waals surface area contributed by atoms with E-state index in [0.29, 0.717) is 5.69 Å². The molecule has 0 aliphatic heterocycles. The lowest BCUT2D eigenvalue weighted by Crippen LogP contribution is -1.90. The first-order chi connectivity index (χ1) is 15.3. The molecule has 0 amide bonds. The second kappa shape index (κ2) is 6.79. The van der Waals surface area contributed by atoms with Crippen molar-refractivity contribution in [3.63, 3.8) is 0 Å². The summed E-state index contributed by atoms with van der Waals surface area (Å²) in [4.78, 5) is 8.90. The van der Waals surface area contributed by atoms with E-state index in [0.717, 1.165) is 44.5 Å². The van der Waals surface area contributed by atoms with Crippen LogP contribution in [0.1, 0.15) is 5.69 Å². The first-order valence-electron chi connectivity index (χ1n) is 9.98. The molecule has 0 aliphatic rings. The van der Waals surface area contributed by atoms with Gasteiger partial charge in [0.1, 0.15) is 22.9 Å². The maximum absolute atomic E-state index is 9.14. The summed E-state index contributed by atoms with van der Waals surface area (Å²) >= 11 is 0. The summed E-state index contributed by atoms with van der Waals surface area (Å²) in [5.41, 5.74) is 5.67. The number of aromatic nitrogens is 2. The maximum atomic E-state index is 9.14. The molecule has 0 aliphatic carbocycles. The van der Waals surface area contributed by atoms with Crippen LogP contribution in [0.2, 0.25) is 0 Å². The minimum absolute atomic E-state index is 0.378. The highest BCUT2D eigenvalue weighted by Crippen LogP contribution is 2.36. The van der Waals surface area contributed by atoms with Gasteiger partial charge < -0.3 is 4.42 Å².